The summed E-state index contributed by atoms with van der Waals surface area (Å²) in [5, 5.41) is 0. The summed E-state index contributed by atoms with van der Waals surface area (Å²) in [7, 11) is 5.08. The molecule has 8 nitrogen and oxygen atoms in total. The van der Waals surface area contributed by atoms with E-state index in [1.807, 2.05) is 0 Å². The van der Waals surface area contributed by atoms with E-state index in [1.54, 1.807) is 48.0 Å². The SMILES string of the molecule is COCCOC(=O)N1CCC(N2CCC3(CC2)CN(C(=O)N(C)C)c2ccc(F)cc23)CC1. The predicted octanol–water partition coefficient (Wildman–Crippen LogP) is 2.91. The van der Waals surface area contributed by atoms with Crippen LogP contribution in [0, 0.1) is 5.82 Å². The summed E-state index contributed by atoms with van der Waals surface area (Å²) in [5.74, 6) is -0.250. The zero-order valence-corrected chi connectivity index (χ0v) is 19.9. The first-order valence-electron chi connectivity index (χ1n) is 11.8. The van der Waals surface area contributed by atoms with Gasteiger partial charge in [-0.25, -0.2) is 14.0 Å². The van der Waals surface area contributed by atoms with Crippen molar-refractivity contribution >= 4 is 17.8 Å². The maximum absolute atomic E-state index is 14.2. The van der Waals surface area contributed by atoms with Gasteiger partial charge in [-0.2, -0.15) is 0 Å². The number of piperidine rings is 2. The van der Waals surface area contributed by atoms with Crippen LogP contribution >= 0.6 is 0 Å². The number of benzene rings is 1. The molecule has 1 aromatic rings. The highest BCUT2D eigenvalue weighted by atomic mass is 19.1. The maximum atomic E-state index is 14.2. The molecule has 0 aliphatic carbocycles. The average molecular weight is 463 g/mol. The number of ether oxygens (including phenoxy) is 2. The number of hydrogen-bond acceptors (Lipinski definition) is 5. The number of anilines is 1. The second kappa shape index (κ2) is 9.85. The molecule has 3 amide bonds. The molecule has 2 saturated heterocycles. The summed E-state index contributed by atoms with van der Waals surface area (Å²) < 4.78 is 24.3. The second-order valence-electron chi connectivity index (χ2n) is 9.57. The Kier molecular flexibility index (Phi) is 7.09. The Bertz CT molecular complexity index is 864. The first-order chi connectivity index (χ1) is 15.8. The van der Waals surface area contributed by atoms with Crippen LogP contribution in [0.15, 0.2) is 18.2 Å². The van der Waals surface area contributed by atoms with E-state index in [1.165, 1.54) is 6.07 Å². The number of rotatable bonds is 4. The minimum Gasteiger partial charge on any atom is -0.447 e. The number of carbonyl (C=O) groups excluding carboxylic acids is 2. The molecule has 0 atom stereocenters. The molecular weight excluding hydrogens is 427 g/mol. The smallest absolute Gasteiger partial charge is 0.409 e. The minimum atomic E-state index is -0.265. The van der Waals surface area contributed by atoms with Crippen LogP contribution in [0.4, 0.5) is 19.7 Å². The Labute approximate surface area is 195 Å². The summed E-state index contributed by atoms with van der Waals surface area (Å²) in [5.41, 5.74) is 1.60. The fourth-order valence-electron chi connectivity index (χ4n) is 5.52. The van der Waals surface area contributed by atoms with Crippen LogP contribution < -0.4 is 4.90 Å². The van der Waals surface area contributed by atoms with Crippen LogP contribution in [-0.4, -0.2) is 100 Å². The minimum absolute atomic E-state index is 0.0630. The monoisotopic (exact) mass is 462 g/mol. The molecule has 3 aliphatic rings. The van der Waals surface area contributed by atoms with Crippen molar-refractivity contribution in [3.8, 4) is 0 Å². The standard InChI is InChI=1S/C24H35FN4O4/c1-26(2)22(30)29-17-24(20-16-18(25)4-5-21(20)29)8-12-27(13-9-24)19-6-10-28(11-7-19)23(31)33-15-14-32-3/h4-5,16,19H,6-15,17H2,1-3H3. The van der Waals surface area contributed by atoms with Crippen molar-refractivity contribution in [2.75, 3.05) is 72.0 Å². The maximum Gasteiger partial charge on any atom is 0.409 e. The lowest BCUT2D eigenvalue weighted by atomic mass is 9.74. The average Bonchev–Trinajstić information content (AvgIpc) is 3.12. The van der Waals surface area contributed by atoms with E-state index in [-0.39, 0.29) is 30.0 Å². The third-order valence-corrected chi connectivity index (χ3v) is 7.40. The first kappa shape index (κ1) is 23.8. The van der Waals surface area contributed by atoms with Gasteiger partial charge in [0, 0.05) is 58.0 Å². The van der Waals surface area contributed by atoms with Gasteiger partial charge in [0.2, 0.25) is 0 Å². The third kappa shape index (κ3) is 4.80. The van der Waals surface area contributed by atoms with Crippen LogP contribution in [0.1, 0.15) is 31.2 Å². The highest BCUT2D eigenvalue weighted by Crippen LogP contribution is 2.48. The van der Waals surface area contributed by atoms with Gasteiger partial charge in [0.15, 0.2) is 0 Å². The molecule has 0 saturated carbocycles. The lowest BCUT2D eigenvalue weighted by Crippen LogP contribution is -2.53. The van der Waals surface area contributed by atoms with Crippen LogP contribution in [0.3, 0.4) is 0 Å². The van der Waals surface area contributed by atoms with E-state index >= 15 is 0 Å². The van der Waals surface area contributed by atoms with Crippen LogP contribution in [0.2, 0.25) is 0 Å². The van der Waals surface area contributed by atoms with Gasteiger partial charge in [-0.05, 0) is 62.5 Å². The van der Waals surface area contributed by atoms with Gasteiger partial charge < -0.3 is 24.2 Å². The van der Waals surface area contributed by atoms with E-state index in [2.05, 4.69) is 4.90 Å². The predicted molar refractivity (Wildman–Crippen MR) is 123 cm³/mol. The summed E-state index contributed by atoms with van der Waals surface area (Å²) >= 11 is 0. The second-order valence-corrected chi connectivity index (χ2v) is 9.57. The quantitative estimate of drug-likeness (QED) is 0.644. The normalized spacial score (nSPS) is 20.7. The number of nitrogens with zero attached hydrogens (tertiary/aromatic N) is 4. The van der Waals surface area contributed by atoms with Crippen molar-refractivity contribution in [3.63, 3.8) is 0 Å². The Balaban J connectivity index is 1.37. The van der Waals surface area contributed by atoms with E-state index in [0.717, 1.165) is 50.0 Å². The highest BCUT2D eigenvalue weighted by molar-refractivity contribution is 5.95. The fraction of sp³-hybridized carbons (Fsp3) is 0.667. The van der Waals surface area contributed by atoms with E-state index in [0.29, 0.717) is 32.3 Å². The molecule has 1 aromatic carbocycles. The van der Waals surface area contributed by atoms with Crippen molar-refractivity contribution in [3.05, 3.63) is 29.6 Å². The van der Waals surface area contributed by atoms with Gasteiger partial charge in [0.05, 0.1) is 6.61 Å². The van der Waals surface area contributed by atoms with Crippen LogP contribution in [0.25, 0.3) is 0 Å². The summed E-state index contributed by atoms with van der Waals surface area (Å²) in [6.45, 7) is 4.48. The zero-order chi connectivity index (χ0) is 23.6. The molecule has 4 rings (SSSR count). The molecule has 0 aromatic heterocycles. The molecule has 3 aliphatic heterocycles. The molecular formula is C24H35FN4O4. The molecule has 1 spiro atoms. The summed E-state index contributed by atoms with van der Waals surface area (Å²) in [4.78, 5) is 32.6. The molecule has 0 bridgehead atoms. The lowest BCUT2D eigenvalue weighted by molar-refractivity contribution is 0.0454. The van der Waals surface area contributed by atoms with Gasteiger partial charge in [0.25, 0.3) is 0 Å². The van der Waals surface area contributed by atoms with Crippen molar-refractivity contribution < 1.29 is 23.5 Å². The molecule has 0 N–H and O–H groups in total. The number of carbonyl (C=O) groups is 2. The van der Waals surface area contributed by atoms with Gasteiger partial charge in [-0.15, -0.1) is 0 Å². The van der Waals surface area contributed by atoms with E-state index < -0.39 is 0 Å². The lowest BCUT2D eigenvalue weighted by Gasteiger charge is -2.45. The number of hydrogen-bond donors (Lipinski definition) is 0. The van der Waals surface area contributed by atoms with E-state index in [9.17, 15) is 14.0 Å². The number of methoxy groups -OCH3 is 1. The molecule has 33 heavy (non-hydrogen) atoms. The van der Waals surface area contributed by atoms with Gasteiger partial charge in [-0.1, -0.05) is 0 Å². The Morgan fingerprint density at radius 2 is 1.82 bits per heavy atom. The number of amides is 3. The van der Waals surface area contributed by atoms with Crippen molar-refractivity contribution in [2.24, 2.45) is 0 Å². The molecule has 9 heteroatoms. The first-order valence-corrected chi connectivity index (χ1v) is 11.8. The van der Waals surface area contributed by atoms with Crippen molar-refractivity contribution in [1.29, 1.82) is 0 Å². The molecule has 3 heterocycles. The van der Waals surface area contributed by atoms with Crippen molar-refractivity contribution in [2.45, 2.75) is 37.1 Å². The van der Waals surface area contributed by atoms with Gasteiger partial charge in [-0.3, -0.25) is 4.90 Å². The molecule has 0 unspecified atom stereocenters. The van der Waals surface area contributed by atoms with E-state index in [4.69, 9.17) is 9.47 Å². The zero-order valence-electron chi connectivity index (χ0n) is 19.9. The van der Waals surface area contributed by atoms with Crippen LogP contribution in [0.5, 0.6) is 0 Å². The molecule has 182 valence electrons. The largest absolute Gasteiger partial charge is 0.447 e. The number of fused-ring (bicyclic) bond motifs is 2. The Hall–Kier alpha value is -2.39. The van der Waals surface area contributed by atoms with Crippen molar-refractivity contribution in [1.82, 2.24) is 14.7 Å². The molecule has 2 fully saturated rings. The number of likely N-dealkylation sites (tertiary alicyclic amines) is 2. The fourth-order valence-corrected chi connectivity index (χ4v) is 5.52. The Morgan fingerprint density at radius 1 is 1.12 bits per heavy atom. The summed E-state index contributed by atoms with van der Waals surface area (Å²) in [6, 6.07) is 5.18. The number of urea groups is 1. The third-order valence-electron chi connectivity index (χ3n) is 7.40. The van der Waals surface area contributed by atoms with Gasteiger partial charge in [0.1, 0.15) is 12.4 Å². The summed E-state index contributed by atoms with van der Waals surface area (Å²) in [6.07, 6.45) is 3.35. The highest BCUT2D eigenvalue weighted by Gasteiger charge is 2.47. The Morgan fingerprint density at radius 3 is 2.45 bits per heavy atom. The molecule has 0 radical (unpaired) electrons. The number of halogens is 1. The topological polar surface area (TPSA) is 65.6 Å². The van der Waals surface area contributed by atoms with Crippen LogP contribution in [-0.2, 0) is 14.9 Å². The van der Waals surface area contributed by atoms with Gasteiger partial charge >= 0.3 is 12.1 Å².